The highest BCUT2D eigenvalue weighted by Gasteiger charge is 2.39. The summed E-state index contributed by atoms with van der Waals surface area (Å²) in [7, 11) is 0. The number of ether oxygens (including phenoxy) is 3. The molecule has 2 aliphatic rings. The minimum atomic E-state index is -0.540. The van der Waals surface area contributed by atoms with Crippen LogP contribution in [0.2, 0.25) is 0 Å². The lowest BCUT2D eigenvalue weighted by Crippen LogP contribution is -2.47. The predicted molar refractivity (Wildman–Crippen MR) is 183 cm³/mol. The minimum absolute atomic E-state index is 0.00767. The number of carbonyl (C=O) groups excluding carboxylic acids is 1. The van der Waals surface area contributed by atoms with Crippen LogP contribution in [0, 0.1) is 5.92 Å². The molecule has 4 atom stereocenters. The Kier molecular flexibility index (Phi) is 9.83. The zero-order valence-electron chi connectivity index (χ0n) is 27.0. The molecule has 2 aliphatic heterocycles. The van der Waals surface area contributed by atoms with Crippen LogP contribution in [0.3, 0.4) is 0 Å². The number of fused-ring (bicyclic) bond motifs is 1. The molecule has 5 aromatic rings. The number of nitrogens with zero attached hydrogens (tertiary/aromatic N) is 3. The van der Waals surface area contributed by atoms with Gasteiger partial charge in [0.1, 0.15) is 5.69 Å². The zero-order chi connectivity index (χ0) is 32.9. The summed E-state index contributed by atoms with van der Waals surface area (Å²) in [6.45, 7) is 6.59. The third kappa shape index (κ3) is 7.16. The van der Waals surface area contributed by atoms with E-state index in [4.69, 9.17) is 14.2 Å². The van der Waals surface area contributed by atoms with Gasteiger partial charge in [0.15, 0.2) is 6.29 Å². The first-order valence-electron chi connectivity index (χ1n) is 16.5. The minimum Gasteiger partial charge on any atom is -0.392 e. The van der Waals surface area contributed by atoms with E-state index in [0.717, 1.165) is 71.7 Å². The summed E-state index contributed by atoms with van der Waals surface area (Å²) >= 11 is 0. The molecule has 2 saturated heterocycles. The van der Waals surface area contributed by atoms with Gasteiger partial charge in [-0.15, -0.1) is 0 Å². The van der Waals surface area contributed by atoms with E-state index < -0.39 is 6.29 Å². The number of carbonyl (C=O) groups is 1. The number of hydrogen-bond acceptors (Lipinski definition) is 8. The molecule has 0 saturated carbocycles. The molecule has 0 aliphatic carbocycles. The maximum absolute atomic E-state index is 13.0. The molecule has 1 aromatic heterocycles. The van der Waals surface area contributed by atoms with Crippen molar-refractivity contribution in [3.63, 3.8) is 0 Å². The number of amides is 1. The summed E-state index contributed by atoms with van der Waals surface area (Å²) in [6.07, 6.45) is 0.763. The van der Waals surface area contributed by atoms with E-state index in [2.05, 4.69) is 57.4 Å². The maximum atomic E-state index is 13.0. The molecule has 2 fully saturated rings. The average Bonchev–Trinajstić information content (AvgIpc) is 3.15. The Morgan fingerprint density at radius 3 is 2.35 bits per heavy atom. The van der Waals surface area contributed by atoms with Crippen LogP contribution in [0.4, 0.5) is 0 Å². The summed E-state index contributed by atoms with van der Waals surface area (Å²) in [6, 6.07) is 31.9. The fourth-order valence-corrected chi connectivity index (χ4v) is 6.47. The summed E-state index contributed by atoms with van der Waals surface area (Å²) in [4.78, 5) is 24.3. The fourth-order valence-electron chi connectivity index (χ4n) is 6.47. The van der Waals surface area contributed by atoms with Gasteiger partial charge in [-0.3, -0.25) is 14.7 Å². The molecule has 7 rings (SSSR count). The molecule has 1 amide bonds. The van der Waals surface area contributed by atoms with Gasteiger partial charge in [-0.05, 0) is 39.9 Å². The number of aliphatic hydroxyl groups excluding tert-OH is 1. The van der Waals surface area contributed by atoms with Gasteiger partial charge in [-0.2, -0.15) is 0 Å². The van der Waals surface area contributed by atoms with Crippen molar-refractivity contribution in [3.05, 3.63) is 131 Å². The largest absolute Gasteiger partial charge is 0.392 e. The second-order valence-corrected chi connectivity index (χ2v) is 12.4. The van der Waals surface area contributed by atoms with Gasteiger partial charge >= 0.3 is 0 Å². The van der Waals surface area contributed by atoms with Gasteiger partial charge in [0.25, 0.3) is 5.91 Å². The summed E-state index contributed by atoms with van der Waals surface area (Å²) in [5.74, 6) is -0.155. The summed E-state index contributed by atoms with van der Waals surface area (Å²) in [5, 5.41) is 12.6. The molecular formula is C39H40N4O5. The molecule has 0 spiro atoms. The van der Waals surface area contributed by atoms with Crippen LogP contribution in [0.15, 0.2) is 103 Å². The number of aliphatic hydroxyl groups is 1. The highest BCUT2D eigenvalue weighted by molar-refractivity contribution is 5.93. The van der Waals surface area contributed by atoms with Crippen molar-refractivity contribution in [2.45, 2.75) is 38.6 Å². The fraction of sp³-hybridized carbons (Fsp3) is 0.308. The van der Waals surface area contributed by atoms with Crippen LogP contribution in [-0.2, 0) is 27.4 Å². The van der Waals surface area contributed by atoms with Gasteiger partial charge < -0.3 is 24.6 Å². The predicted octanol–water partition coefficient (Wildman–Crippen LogP) is 5.84. The highest BCUT2D eigenvalue weighted by Crippen LogP contribution is 2.42. The molecule has 3 heterocycles. The third-order valence-corrected chi connectivity index (χ3v) is 9.30. The Balaban J connectivity index is 1.08. The number of benzene rings is 4. The SMILES string of the molecule is C[C@H]1[C@@H](CN2CCOCC2)O[C@@H](c2ccc(-c3ccccc3CNC(=O)c3cnc4ccccc4n3)cc2)O[C@H]1c1ccc(CO)cc1. The van der Waals surface area contributed by atoms with Crippen molar-refractivity contribution in [3.8, 4) is 11.1 Å². The zero-order valence-corrected chi connectivity index (χ0v) is 27.0. The lowest BCUT2D eigenvalue weighted by molar-refractivity contribution is -0.277. The molecule has 246 valence electrons. The lowest BCUT2D eigenvalue weighted by atomic mass is 9.90. The third-order valence-electron chi connectivity index (χ3n) is 9.30. The normalized spacial score (nSPS) is 21.6. The Hall–Kier alpha value is -4.51. The van der Waals surface area contributed by atoms with Crippen LogP contribution >= 0.6 is 0 Å². The molecule has 0 radical (unpaired) electrons. The van der Waals surface area contributed by atoms with Gasteiger partial charge in [0.2, 0.25) is 0 Å². The van der Waals surface area contributed by atoms with Crippen LogP contribution in [0.5, 0.6) is 0 Å². The standard InChI is InChI=1S/C39H40N4O5/c1-26-36(24-43-18-20-46-21-19-43)47-39(48-37(26)29-12-10-27(25-44)11-13-29)30-16-14-28(15-17-30)32-7-3-2-6-31(32)22-41-38(45)35-23-40-33-8-4-5-9-34(33)42-35/h2-17,23,26,36-37,39,44H,18-22,24-25H2,1H3,(H,41,45)/t26-,36+,37+,39+/m0/s1. The van der Waals surface area contributed by atoms with Gasteiger partial charge in [-0.1, -0.05) is 91.9 Å². The molecule has 9 heteroatoms. The van der Waals surface area contributed by atoms with E-state index in [-0.39, 0.29) is 36.3 Å². The Bertz CT molecular complexity index is 1840. The second-order valence-electron chi connectivity index (χ2n) is 12.4. The highest BCUT2D eigenvalue weighted by atomic mass is 16.7. The number of hydrogen-bond donors (Lipinski definition) is 2. The smallest absolute Gasteiger partial charge is 0.271 e. The summed E-state index contributed by atoms with van der Waals surface area (Å²) < 4.78 is 18.9. The first-order valence-corrected chi connectivity index (χ1v) is 16.5. The van der Waals surface area contributed by atoms with Crippen molar-refractivity contribution >= 4 is 16.9 Å². The lowest BCUT2D eigenvalue weighted by Gasteiger charge is -2.43. The number of nitrogens with one attached hydrogen (secondary N) is 1. The van der Waals surface area contributed by atoms with Gasteiger partial charge in [-0.25, -0.2) is 4.98 Å². The Labute approximate surface area is 280 Å². The van der Waals surface area contributed by atoms with Crippen LogP contribution in [0.1, 0.15) is 52.1 Å². The molecule has 9 nitrogen and oxygen atoms in total. The molecule has 0 bridgehead atoms. The Morgan fingerprint density at radius 2 is 1.58 bits per heavy atom. The monoisotopic (exact) mass is 644 g/mol. The first-order chi connectivity index (χ1) is 23.6. The molecular weight excluding hydrogens is 604 g/mol. The van der Waals surface area contributed by atoms with E-state index >= 15 is 0 Å². The number of rotatable bonds is 9. The molecule has 2 N–H and O–H groups in total. The molecule has 48 heavy (non-hydrogen) atoms. The van der Waals surface area contributed by atoms with E-state index in [1.165, 1.54) is 6.20 Å². The van der Waals surface area contributed by atoms with Gasteiger partial charge in [0.05, 0.1) is 49.3 Å². The number of morpholine rings is 1. The van der Waals surface area contributed by atoms with Crippen molar-refractivity contribution in [2.75, 3.05) is 32.8 Å². The van der Waals surface area contributed by atoms with Crippen molar-refractivity contribution < 1.29 is 24.1 Å². The second kappa shape index (κ2) is 14.7. The molecule has 4 aromatic carbocycles. The van der Waals surface area contributed by atoms with Crippen molar-refractivity contribution in [1.29, 1.82) is 0 Å². The van der Waals surface area contributed by atoms with E-state index in [9.17, 15) is 9.90 Å². The van der Waals surface area contributed by atoms with E-state index in [0.29, 0.717) is 12.1 Å². The van der Waals surface area contributed by atoms with Gasteiger partial charge in [0, 0.05) is 37.7 Å². The van der Waals surface area contributed by atoms with E-state index in [1.54, 1.807) is 0 Å². The number of aromatic nitrogens is 2. The Morgan fingerprint density at radius 1 is 0.875 bits per heavy atom. The first kappa shape index (κ1) is 32.1. The topological polar surface area (TPSA) is 106 Å². The van der Waals surface area contributed by atoms with Crippen molar-refractivity contribution in [1.82, 2.24) is 20.2 Å². The maximum Gasteiger partial charge on any atom is 0.271 e. The van der Waals surface area contributed by atoms with E-state index in [1.807, 2.05) is 66.7 Å². The molecule has 0 unspecified atom stereocenters. The van der Waals surface area contributed by atoms with Crippen molar-refractivity contribution in [2.24, 2.45) is 5.92 Å². The van der Waals surface area contributed by atoms with Crippen LogP contribution < -0.4 is 5.32 Å². The summed E-state index contributed by atoms with van der Waals surface area (Å²) in [5.41, 5.74) is 7.65. The quantitative estimate of drug-likeness (QED) is 0.206. The number of para-hydroxylation sites is 2. The van der Waals surface area contributed by atoms with Crippen LogP contribution in [0.25, 0.3) is 22.2 Å². The van der Waals surface area contributed by atoms with Crippen LogP contribution in [-0.4, -0.2) is 64.8 Å². The average molecular weight is 645 g/mol.